The lowest BCUT2D eigenvalue weighted by Crippen LogP contribution is -2.27. The van der Waals surface area contributed by atoms with Crippen molar-refractivity contribution >= 4 is 17.0 Å². The highest BCUT2D eigenvalue weighted by atomic mass is 16.4. The molecule has 0 aliphatic carbocycles. The van der Waals surface area contributed by atoms with Crippen molar-refractivity contribution in [3.8, 4) is 0 Å². The van der Waals surface area contributed by atoms with Gasteiger partial charge in [-0.1, -0.05) is 5.21 Å². The van der Waals surface area contributed by atoms with Gasteiger partial charge in [-0.3, -0.25) is 0 Å². The third-order valence-corrected chi connectivity index (χ3v) is 3.86. The molecule has 0 saturated carbocycles. The lowest BCUT2D eigenvalue weighted by Gasteiger charge is -2.20. The van der Waals surface area contributed by atoms with E-state index in [-0.39, 0.29) is 11.6 Å². The monoisotopic (exact) mass is 274 g/mol. The minimum absolute atomic E-state index is 0.230. The Morgan fingerprint density at radius 3 is 2.85 bits per heavy atom. The molecule has 2 aromatic rings. The topological polar surface area (TPSA) is 71.2 Å². The van der Waals surface area contributed by atoms with Gasteiger partial charge in [-0.2, -0.15) is 0 Å². The molecular weight excluding hydrogens is 256 g/mol. The Labute approximate surface area is 117 Å². The zero-order valence-electron chi connectivity index (χ0n) is 11.5. The molecule has 20 heavy (non-hydrogen) atoms. The average Bonchev–Trinajstić information content (AvgIpc) is 3.06. The van der Waals surface area contributed by atoms with Gasteiger partial charge in [0.1, 0.15) is 5.52 Å². The number of fused-ring (bicyclic) bond motifs is 1. The summed E-state index contributed by atoms with van der Waals surface area (Å²) < 4.78 is 1.89. The minimum atomic E-state index is -0.938. The minimum Gasteiger partial charge on any atom is -0.478 e. The Kier molecular flexibility index (Phi) is 3.40. The molecule has 1 atom stereocenters. The van der Waals surface area contributed by atoms with Gasteiger partial charge in [0.15, 0.2) is 0 Å². The molecule has 0 amide bonds. The molecule has 1 saturated heterocycles. The third-order valence-electron chi connectivity index (χ3n) is 3.86. The van der Waals surface area contributed by atoms with E-state index in [9.17, 15) is 4.79 Å². The van der Waals surface area contributed by atoms with Crippen molar-refractivity contribution in [3.63, 3.8) is 0 Å². The quantitative estimate of drug-likeness (QED) is 0.920. The molecule has 2 heterocycles. The molecule has 0 radical (unpaired) electrons. The summed E-state index contributed by atoms with van der Waals surface area (Å²) in [4.78, 5) is 13.4. The van der Waals surface area contributed by atoms with Gasteiger partial charge in [-0.25, -0.2) is 9.48 Å². The van der Waals surface area contributed by atoms with Crippen molar-refractivity contribution in [2.75, 3.05) is 19.6 Å². The van der Waals surface area contributed by atoms with Crippen molar-refractivity contribution in [1.82, 2.24) is 19.9 Å². The standard InChI is InChI=1S/C14H18N4O2/c1-10(9-17-6-2-3-7-17)18-13-5-4-11(14(19)20)8-12(13)15-16-18/h4-5,8,10H,2-3,6-7,9H2,1H3,(H,19,20). The Balaban J connectivity index is 1.85. The lowest BCUT2D eigenvalue weighted by molar-refractivity contribution is 0.0697. The number of carboxylic acids is 1. The molecule has 1 aromatic carbocycles. The molecular formula is C14H18N4O2. The van der Waals surface area contributed by atoms with E-state index in [2.05, 4.69) is 22.1 Å². The third kappa shape index (κ3) is 2.38. The van der Waals surface area contributed by atoms with Crippen molar-refractivity contribution in [3.05, 3.63) is 23.8 Å². The molecule has 1 unspecified atom stereocenters. The molecule has 6 nitrogen and oxygen atoms in total. The summed E-state index contributed by atoms with van der Waals surface area (Å²) in [5.41, 5.74) is 1.77. The summed E-state index contributed by atoms with van der Waals surface area (Å²) in [6.07, 6.45) is 2.54. The normalized spacial score (nSPS) is 17.6. The summed E-state index contributed by atoms with van der Waals surface area (Å²) >= 11 is 0. The highest BCUT2D eigenvalue weighted by Crippen LogP contribution is 2.19. The number of likely N-dealkylation sites (tertiary alicyclic amines) is 1. The van der Waals surface area contributed by atoms with Gasteiger partial charge in [0.2, 0.25) is 0 Å². The predicted octanol–water partition coefficient (Wildman–Crippen LogP) is 1.79. The highest BCUT2D eigenvalue weighted by molar-refractivity contribution is 5.92. The van der Waals surface area contributed by atoms with E-state index in [1.807, 2.05) is 4.68 Å². The second-order valence-corrected chi connectivity index (χ2v) is 5.40. The van der Waals surface area contributed by atoms with Crippen LogP contribution in [0, 0.1) is 0 Å². The maximum absolute atomic E-state index is 11.0. The predicted molar refractivity (Wildman–Crippen MR) is 74.9 cm³/mol. The van der Waals surface area contributed by atoms with Crippen molar-refractivity contribution in [1.29, 1.82) is 0 Å². The Hall–Kier alpha value is -1.95. The van der Waals surface area contributed by atoms with Gasteiger partial charge in [0.05, 0.1) is 17.1 Å². The van der Waals surface area contributed by atoms with Crippen LogP contribution in [0.25, 0.3) is 11.0 Å². The van der Waals surface area contributed by atoms with Crippen LogP contribution < -0.4 is 0 Å². The summed E-state index contributed by atoms with van der Waals surface area (Å²) in [6, 6.07) is 5.20. The summed E-state index contributed by atoms with van der Waals surface area (Å²) in [5.74, 6) is -0.938. The molecule has 3 rings (SSSR count). The summed E-state index contributed by atoms with van der Waals surface area (Å²) in [7, 11) is 0. The van der Waals surface area contributed by atoms with E-state index >= 15 is 0 Å². The summed E-state index contributed by atoms with van der Waals surface area (Å²) in [6.45, 7) is 5.39. The first-order valence-electron chi connectivity index (χ1n) is 6.96. The van der Waals surface area contributed by atoms with Gasteiger partial charge in [-0.15, -0.1) is 5.10 Å². The van der Waals surface area contributed by atoms with Gasteiger partial charge >= 0.3 is 5.97 Å². The smallest absolute Gasteiger partial charge is 0.335 e. The van der Waals surface area contributed by atoms with E-state index in [1.54, 1.807) is 18.2 Å². The number of carbonyl (C=O) groups is 1. The van der Waals surface area contributed by atoms with Crippen LogP contribution in [0.2, 0.25) is 0 Å². The number of aromatic carboxylic acids is 1. The maximum Gasteiger partial charge on any atom is 0.335 e. The Morgan fingerprint density at radius 2 is 2.15 bits per heavy atom. The Bertz CT molecular complexity index is 631. The van der Waals surface area contributed by atoms with Crippen LogP contribution >= 0.6 is 0 Å². The van der Waals surface area contributed by atoms with Crippen molar-refractivity contribution in [2.24, 2.45) is 0 Å². The lowest BCUT2D eigenvalue weighted by atomic mass is 10.2. The molecule has 1 fully saturated rings. The van der Waals surface area contributed by atoms with E-state index < -0.39 is 5.97 Å². The zero-order valence-corrected chi connectivity index (χ0v) is 11.5. The molecule has 1 N–H and O–H groups in total. The molecule has 6 heteroatoms. The second kappa shape index (κ2) is 5.20. The fourth-order valence-electron chi connectivity index (χ4n) is 2.82. The number of benzene rings is 1. The van der Waals surface area contributed by atoms with Gasteiger partial charge in [0, 0.05) is 6.54 Å². The second-order valence-electron chi connectivity index (χ2n) is 5.40. The van der Waals surface area contributed by atoms with Crippen LogP contribution in [0.5, 0.6) is 0 Å². The zero-order chi connectivity index (χ0) is 14.1. The summed E-state index contributed by atoms with van der Waals surface area (Å²) in [5, 5.41) is 17.3. The number of rotatable bonds is 4. The fraction of sp³-hybridized carbons (Fsp3) is 0.500. The number of aromatic nitrogens is 3. The largest absolute Gasteiger partial charge is 0.478 e. The van der Waals surface area contributed by atoms with Gasteiger partial charge in [-0.05, 0) is 51.1 Å². The van der Waals surface area contributed by atoms with E-state index in [0.717, 1.165) is 25.2 Å². The van der Waals surface area contributed by atoms with Crippen LogP contribution in [0.1, 0.15) is 36.2 Å². The number of carboxylic acid groups (broad SMARTS) is 1. The van der Waals surface area contributed by atoms with Gasteiger partial charge in [0.25, 0.3) is 0 Å². The number of hydrogen-bond acceptors (Lipinski definition) is 4. The molecule has 106 valence electrons. The van der Waals surface area contributed by atoms with E-state index in [1.165, 1.54) is 12.8 Å². The van der Waals surface area contributed by atoms with Crippen molar-refractivity contribution in [2.45, 2.75) is 25.8 Å². The molecule has 1 aromatic heterocycles. The van der Waals surface area contributed by atoms with E-state index in [0.29, 0.717) is 5.52 Å². The maximum atomic E-state index is 11.0. The fourth-order valence-corrected chi connectivity index (χ4v) is 2.82. The van der Waals surface area contributed by atoms with Crippen molar-refractivity contribution < 1.29 is 9.90 Å². The highest BCUT2D eigenvalue weighted by Gasteiger charge is 2.18. The first-order valence-corrected chi connectivity index (χ1v) is 6.96. The Morgan fingerprint density at radius 1 is 1.40 bits per heavy atom. The molecule has 0 spiro atoms. The first kappa shape index (κ1) is 13.1. The van der Waals surface area contributed by atoms with Gasteiger partial charge < -0.3 is 10.0 Å². The molecule has 1 aliphatic heterocycles. The van der Waals surface area contributed by atoms with Crippen LogP contribution in [0.4, 0.5) is 0 Å². The number of nitrogens with zero attached hydrogens (tertiary/aromatic N) is 4. The number of hydrogen-bond donors (Lipinski definition) is 1. The van der Waals surface area contributed by atoms with Crippen LogP contribution in [0.3, 0.4) is 0 Å². The molecule has 0 bridgehead atoms. The van der Waals surface area contributed by atoms with Crippen LogP contribution in [-0.2, 0) is 0 Å². The first-order chi connectivity index (χ1) is 9.65. The van der Waals surface area contributed by atoms with Crippen LogP contribution in [-0.4, -0.2) is 50.6 Å². The molecule has 1 aliphatic rings. The SMILES string of the molecule is CC(CN1CCCC1)n1nnc2cc(C(=O)O)ccc21. The van der Waals surface area contributed by atoms with Crippen LogP contribution in [0.15, 0.2) is 18.2 Å². The average molecular weight is 274 g/mol. The van der Waals surface area contributed by atoms with E-state index in [4.69, 9.17) is 5.11 Å².